The van der Waals surface area contributed by atoms with Gasteiger partial charge in [0.15, 0.2) is 6.61 Å². The number of para-hydroxylation sites is 1. The van der Waals surface area contributed by atoms with Crippen molar-refractivity contribution < 1.29 is 17.9 Å². The van der Waals surface area contributed by atoms with Gasteiger partial charge in [-0.3, -0.25) is 9.10 Å². The van der Waals surface area contributed by atoms with Gasteiger partial charge in [0.2, 0.25) is 0 Å². The average Bonchev–Trinajstić information content (AvgIpc) is 3.20. The van der Waals surface area contributed by atoms with Crippen LogP contribution in [0.4, 0.5) is 11.4 Å². The zero-order chi connectivity index (χ0) is 23.8. The molecule has 1 amide bonds. The number of ether oxygens (including phenoxy) is 1. The Morgan fingerprint density at radius 2 is 1.82 bits per heavy atom. The first-order chi connectivity index (χ1) is 15.7. The molecule has 3 aromatic rings. The van der Waals surface area contributed by atoms with Crippen LogP contribution in [0, 0.1) is 13.8 Å². The predicted molar refractivity (Wildman–Crippen MR) is 134 cm³/mol. The molecule has 1 aliphatic rings. The molecule has 0 aliphatic carbocycles. The third-order valence-corrected chi connectivity index (χ3v) is 8.02. The lowest BCUT2D eigenvalue weighted by Gasteiger charge is -2.20. The summed E-state index contributed by atoms with van der Waals surface area (Å²) in [5.41, 5.74) is 4.25. The van der Waals surface area contributed by atoms with Crippen molar-refractivity contribution in [1.29, 1.82) is 0 Å². The molecular formula is C24H22BrClN2O4S. The Balaban J connectivity index is 1.46. The number of amides is 1. The van der Waals surface area contributed by atoms with E-state index in [1.165, 1.54) is 22.5 Å². The molecule has 6 nitrogen and oxygen atoms in total. The van der Waals surface area contributed by atoms with Crippen LogP contribution in [-0.4, -0.2) is 27.5 Å². The van der Waals surface area contributed by atoms with E-state index < -0.39 is 10.0 Å². The standard InChI is InChI=1S/C24H22BrClN2O4S/c1-15-11-18(25)12-16(2)24(15)27-23(29)14-32-22-8-7-19(13-20(22)26)33(30,31)28-10-9-17-5-3-4-6-21(17)28/h3-8,11-13H,9-10,14H2,1-2H3,(H,27,29). The highest BCUT2D eigenvalue weighted by Crippen LogP contribution is 2.35. The topological polar surface area (TPSA) is 75.7 Å². The molecule has 0 aromatic heterocycles. The SMILES string of the molecule is Cc1cc(Br)cc(C)c1NC(=O)COc1ccc(S(=O)(=O)N2CCc3ccccc32)cc1Cl. The third-order valence-electron chi connectivity index (χ3n) is 5.46. The number of rotatable bonds is 6. The highest BCUT2D eigenvalue weighted by atomic mass is 79.9. The minimum Gasteiger partial charge on any atom is -0.482 e. The summed E-state index contributed by atoms with van der Waals surface area (Å²) in [4.78, 5) is 12.5. The van der Waals surface area contributed by atoms with Gasteiger partial charge in [0.1, 0.15) is 5.75 Å². The molecule has 4 rings (SSSR count). The molecule has 9 heteroatoms. The minimum absolute atomic E-state index is 0.0714. The molecule has 0 fully saturated rings. The van der Waals surface area contributed by atoms with Crippen LogP contribution in [0.1, 0.15) is 16.7 Å². The Morgan fingerprint density at radius 1 is 1.12 bits per heavy atom. The molecule has 0 atom stereocenters. The lowest BCUT2D eigenvalue weighted by molar-refractivity contribution is -0.118. The Labute approximate surface area is 206 Å². The number of carbonyl (C=O) groups excluding carboxylic acids is 1. The summed E-state index contributed by atoms with van der Waals surface area (Å²) in [5, 5.41) is 2.97. The molecule has 1 heterocycles. The normalized spacial score (nSPS) is 13.0. The second kappa shape index (κ2) is 9.37. The maximum atomic E-state index is 13.2. The van der Waals surface area contributed by atoms with Crippen molar-refractivity contribution in [2.45, 2.75) is 25.2 Å². The van der Waals surface area contributed by atoms with Gasteiger partial charge in [-0.25, -0.2) is 8.42 Å². The number of anilines is 2. The molecule has 0 saturated carbocycles. The number of carbonyl (C=O) groups is 1. The maximum absolute atomic E-state index is 13.2. The van der Waals surface area contributed by atoms with Crippen molar-refractivity contribution in [3.63, 3.8) is 0 Å². The number of nitrogens with zero attached hydrogens (tertiary/aromatic N) is 1. The molecule has 1 N–H and O–H groups in total. The quantitative estimate of drug-likeness (QED) is 0.441. The summed E-state index contributed by atoms with van der Waals surface area (Å²) in [7, 11) is -3.77. The third kappa shape index (κ3) is 4.88. The number of aryl methyl sites for hydroxylation is 2. The fourth-order valence-corrected chi connectivity index (χ4v) is 6.39. The van der Waals surface area contributed by atoms with Crippen molar-refractivity contribution in [3.05, 3.63) is 80.8 Å². The second-order valence-electron chi connectivity index (χ2n) is 7.80. The average molecular weight is 550 g/mol. The number of hydrogen-bond acceptors (Lipinski definition) is 4. The number of benzene rings is 3. The number of fused-ring (bicyclic) bond motifs is 1. The molecule has 0 unspecified atom stereocenters. The molecule has 0 radical (unpaired) electrons. The molecule has 0 bridgehead atoms. The van der Waals surface area contributed by atoms with Gasteiger partial charge >= 0.3 is 0 Å². The lowest BCUT2D eigenvalue weighted by Crippen LogP contribution is -2.29. The summed E-state index contributed by atoms with van der Waals surface area (Å²) in [6.07, 6.45) is 0.663. The van der Waals surface area contributed by atoms with E-state index in [1.807, 2.05) is 44.2 Å². The summed E-state index contributed by atoms with van der Waals surface area (Å²) in [6.45, 7) is 3.93. The Hall–Kier alpha value is -2.55. The minimum atomic E-state index is -3.77. The largest absolute Gasteiger partial charge is 0.482 e. The number of sulfonamides is 1. The molecule has 0 saturated heterocycles. The van der Waals surface area contributed by atoms with E-state index in [2.05, 4.69) is 21.2 Å². The van der Waals surface area contributed by atoms with Crippen LogP contribution < -0.4 is 14.4 Å². The van der Waals surface area contributed by atoms with Crippen molar-refractivity contribution in [2.24, 2.45) is 0 Å². The number of nitrogens with one attached hydrogen (secondary N) is 1. The van der Waals surface area contributed by atoms with Crippen LogP contribution in [0.3, 0.4) is 0 Å². The van der Waals surface area contributed by atoms with Gasteiger partial charge in [0.05, 0.1) is 15.6 Å². The number of hydrogen-bond donors (Lipinski definition) is 1. The van der Waals surface area contributed by atoms with E-state index in [9.17, 15) is 13.2 Å². The Bertz CT molecular complexity index is 1320. The molecular weight excluding hydrogens is 528 g/mol. The highest BCUT2D eigenvalue weighted by molar-refractivity contribution is 9.10. The molecule has 3 aromatic carbocycles. The molecule has 1 aliphatic heterocycles. The van der Waals surface area contributed by atoms with Gasteiger partial charge in [-0.05, 0) is 73.4 Å². The zero-order valence-corrected chi connectivity index (χ0v) is 21.2. The monoisotopic (exact) mass is 548 g/mol. The second-order valence-corrected chi connectivity index (χ2v) is 11.0. The fourth-order valence-electron chi connectivity index (χ4n) is 3.87. The first kappa shape index (κ1) is 23.6. The van der Waals surface area contributed by atoms with Gasteiger partial charge in [0, 0.05) is 16.7 Å². The maximum Gasteiger partial charge on any atom is 0.264 e. The van der Waals surface area contributed by atoms with Gasteiger partial charge in [-0.15, -0.1) is 0 Å². The lowest BCUT2D eigenvalue weighted by atomic mass is 10.1. The van der Waals surface area contributed by atoms with E-state index in [4.69, 9.17) is 16.3 Å². The van der Waals surface area contributed by atoms with Crippen molar-refractivity contribution in [2.75, 3.05) is 22.8 Å². The first-order valence-corrected chi connectivity index (χ1v) is 12.9. The Kier molecular flexibility index (Phi) is 6.70. The molecule has 33 heavy (non-hydrogen) atoms. The zero-order valence-electron chi connectivity index (χ0n) is 18.1. The molecule has 172 valence electrons. The first-order valence-electron chi connectivity index (χ1n) is 10.3. The summed E-state index contributed by atoms with van der Waals surface area (Å²) in [6, 6.07) is 15.5. The van der Waals surface area contributed by atoms with E-state index in [0.717, 1.165) is 26.9 Å². The van der Waals surface area contributed by atoms with Crippen molar-refractivity contribution in [1.82, 2.24) is 0 Å². The van der Waals surface area contributed by atoms with Gasteiger partial charge < -0.3 is 10.1 Å². The van der Waals surface area contributed by atoms with Crippen LogP contribution in [0.25, 0.3) is 0 Å². The van der Waals surface area contributed by atoms with Crippen LogP contribution >= 0.6 is 27.5 Å². The van der Waals surface area contributed by atoms with E-state index in [-0.39, 0.29) is 28.2 Å². The summed E-state index contributed by atoms with van der Waals surface area (Å²) < 4.78 is 34.2. The van der Waals surface area contributed by atoms with Crippen LogP contribution in [0.5, 0.6) is 5.75 Å². The van der Waals surface area contributed by atoms with Gasteiger partial charge in [-0.2, -0.15) is 0 Å². The van der Waals surface area contributed by atoms with E-state index in [0.29, 0.717) is 18.7 Å². The van der Waals surface area contributed by atoms with Gasteiger partial charge in [-0.1, -0.05) is 45.7 Å². The van der Waals surface area contributed by atoms with Crippen molar-refractivity contribution in [3.8, 4) is 5.75 Å². The van der Waals surface area contributed by atoms with Gasteiger partial charge in [0.25, 0.3) is 15.9 Å². The van der Waals surface area contributed by atoms with E-state index >= 15 is 0 Å². The molecule has 0 spiro atoms. The Morgan fingerprint density at radius 3 is 2.52 bits per heavy atom. The van der Waals surface area contributed by atoms with Crippen LogP contribution in [0.2, 0.25) is 5.02 Å². The highest BCUT2D eigenvalue weighted by Gasteiger charge is 2.31. The summed E-state index contributed by atoms with van der Waals surface area (Å²) >= 11 is 9.74. The predicted octanol–water partition coefficient (Wildman–Crippen LogP) is 5.49. The van der Waals surface area contributed by atoms with Crippen LogP contribution in [0.15, 0.2) is 64.0 Å². The summed E-state index contributed by atoms with van der Waals surface area (Å²) in [5.74, 6) is -0.109. The van der Waals surface area contributed by atoms with E-state index in [1.54, 1.807) is 6.07 Å². The fraction of sp³-hybridized carbons (Fsp3) is 0.208. The van der Waals surface area contributed by atoms with Crippen LogP contribution in [-0.2, 0) is 21.2 Å². The smallest absolute Gasteiger partial charge is 0.264 e. The number of halogens is 2. The van der Waals surface area contributed by atoms with Crippen molar-refractivity contribution >= 4 is 54.8 Å².